The fourth-order valence-electron chi connectivity index (χ4n) is 1.94. The average molecular weight is 300 g/mol. The molecule has 5 nitrogen and oxygen atoms in total. The molecule has 6 heteroatoms. The van der Waals surface area contributed by atoms with Gasteiger partial charge in [-0.05, 0) is 38.3 Å². The molecule has 1 atom stereocenters. The minimum absolute atomic E-state index is 0.00390. The molecule has 112 valence electrons. The summed E-state index contributed by atoms with van der Waals surface area (Å²) in [5, 5.41) is 0. The van der Waals surface area contributed by atoms with E-state index in [2.05, 4.69) is 0 Å². The Kier molecular flexibility index (Phi) is 5.54. The van der Waals surface area contributed by atoms with Gasteiger partial charge in [0.2, 0.25) is 0 Å². The van der Waals surface area contributed by atoms with Crippen LogP contribution in [0, 0.1) is 6.92 Å². The van der Waals surface area contributed by atoms with Crippen LogP contribution in [0.2, 0.25) is 0 Å². The normalized spacial score (nSPS) is 19.9. The maximum atomic E-state index is 11.9. The highest BCUT2D eigenvalue weighted by atomic mass is 32.2. The molecule has 1 saturated heterocycles. The van der Waals surface area contributed by atoms with Gasteiger partial charge in [0.05, 0.1) is 18.1 Å². The first-order valence-electron chi connectivity index (χ1n) is 6.77. The summed E-state index contributed by atoms with van der Waals surface area (Å²) in [5.74, 6) is 0. The van der Waals surface area contributed by atoms with Crippen molar-refractivity contribution in [3.63, 3.8) is 0 Å². The van der Waals surface area contributed by atoms with Crippen LogP contribution in [-0.2, 0) is 23.8 Å². The molecule has 0 radical (unpaired) electrons. The van der Waals surface area contributed by atoms with Gasteiger partial charge in [0.25, 0.3) is 10.1 Å². The maximum absolute atomic E-state index is 11.9. The lowest BCUT2D eigenvalue weighted by atomic mass is 10.2. The standard InChI is InChI=1S/C14H20O5S/c1-12-5-7-13(8-6-12)20(15,16)19-11-10-18-14-4-2-3-9-17-14/h5-8,14H,2-4,9-11H2,1H3/t14-/m1/s1. The number of hydrogen-bond donors (Lipinski definition) is 0. The summed E-state index contributed by atoms with van der Waals surface area (Å²) in [7, 11) is -3.70. The maximum Gasteiger partial charge on any atom is 0.297 e. The fraction of sp³-hybridized carbons (Fsp3) is 0.571. The van der Waals surface area contributed by atoms with Crippen molar-refractivity contribution >= 4 is 10.1 Å². The van der Waals surface area contributed by atoms with Gasteiger partial charge in [-0.15, -0.1) is 0 Å². The van der Waals surface area contributed by atoms with Crippen LogP contribution in [0.25, 0.3) is 0 Å². The van der Waals surface area contributed by atoms with Crippen LogP contribution >= 0.6 is 0 Å². The second-order valence-electron chi connectivity index (χ2n) is 4.76. The first-order valence-corrected chi connectivity index (χ1v) is 8.18. The molecule has 0 aromatic heterocycles. The van der Waals surface area contributed by atoms with E-state index in [1.165, 1.54) is 12.1 Å². The van der Waals surface area contributed by atoms with Crippen molar-refractivity contribution in [3.8, 4) is 0 Å². The van der Waals surface area contributed by atoms with Gasteiger partial charge in [0.15, 0.2) is 6.29 Å². The SMILES string of the molecule is Cc1ccc(S(=O)(=O)OCCO[C@@H]2CCCCO2)cc1. The quantitative estimate of drug-likeness (QED) is 0.595. The van der Waals surface area contributed by atoms with Crippen LogP contribution in [0.1, 0.15) is 24.8 Å². The Balaban J connectivity index is 1.76. The molecule has 0 unspecified atom stereocenters. The van der Waals surface area contributed by atoms with Gasteiger partial charge < -0.3 is 9.47 Å². The van der Waals surface area contributed by atoms with Crippen LogP contribution < -0.4 is 0 Å². The predicted octanol–water partition coefficient (Wildman–Crippen LogP) is 2.24. The van der Waals surface area contributed by atoms with E-state index >= 15 is 0 Å². The van der Waals surface area contributed by atoms with Gasteiger partial charge in [-0.3, -0.25) is 4.18 Å². The van der Waals surface area contributed by atoms with Crippen molar-refractivity contribution in [2.24, 2.45) is 0 Å². The summed E-state index contributed by atoms with van der Waals surface area (Å²) in [5.41, 5.74) is 1.00. The molecule has 20 heavy (non-hydrogen) atoms. The molecule has 1 aliphatic rings. The third-order valence-corrected chi connectivity index (χ3v) is 4.40. The van der Waals surface area contributed by atoms with Gasteiger partial charge in [-0.1, -0.05) is 17.7 Å². The van der Waals surface area contributed by atoms with Gasteiger partial charge in [-0.2, -0.15) is 8.42 Å². The van der Waals surface area contributed by atoms with Gasteiger partial charge >= 0.3 is 0 Å². The zero-order valence-electron chi connectivity index (χ0n) is 11.6. The number of ether oxygens (including phenoxy) is 2. The Morgan fingerprint density at radius 1 is 1.20 bits per heavy atom. The topological polar surface area (TPSA) is 61.8 Å². The predicted molar refractivity (Wildman–Crippen MR) is 73.9 cm³/mol. The van der Waals surface area contributed by atoms with Crippen LogP contribution in [-0.4, -0.2) is 34.5 Å². The van der Waals surface area contributed by atoms with Crippen molar-refractivity contribution < 1.29 is 22.1 Å². The van der Waals surface area contributed by atoms with E-state index in [-0.39, 0.29) is 24.4 Å². The van der Waals surface area contributed by atoms with E-state index in [4.69, 9.17) is 13.7 Å². The first-order chi connectivity index (χ1) is 9.58. The molecule has 0 N–H and O–H groups in total. The monoisotopic (exact) mass is 300 g/mol. The molecule has 0 bridgehead atoms. The molecule has 1 aliphatic heterocycles. The molecule has 1 fully saturated rings. The third kappa shape index (κ3) is 4.56. The summed E-state index contributed by atoms with van der Waals surface area (Å²) in [6.07, 6.45) is 2.75. The molecule has 0 spiro atoms. The lowest BCUT2D eigenvalue weighted by molar-refractivity contribution is -0.165. The van der Waals surface area contributed by atoms with Gasteiger partial charge in [-0.25, -0.2) is 0 Å². The van der Waals surface area contributed by atoms with Crippen LogP contribution in [0.3, 0.4) is 0 Å². The van der Waals surface area contributed by atoms with Gasteiger partial charge in [0, 0.05) is 6.61 Å². The number of rotatable bonds is 6. The zero-order chi connectivity index (χ0) is 14.4. The van der Waals surface area contributed by atoms with Crippen molar-refractivity contribution in [3.05, 3.63) is 29.8 Å². The molecular weight excluding hydrogens is 280 g/mol. The van der Waals surface area contributed by atoms with Crippen molar-refractivity contribution in [2.75, 3.05) is 19.8 Å². The zero-order valence-corrected chi connectivity index (χ0v) is 12.4. The minimum Gasteiger partial charge on any atom is -0.353 e. The highest BCUT2D eigenvalue weighted by Crippen LogP contribution is 2.15. The van der Waals surface area contributed by atoms with E-state index in [0.29, 0.717) is 6.61 Å². The van der Waals surface area contributed by atoms with E-state index < -0.39 is 10.1 Å². The lowest BCUT2D eigenvalue weighted by Crippen LogP contribution is -2.24. The van der Waals surface area contributed by atoms with Crippen molar-refractivity contribution in [1.29, 1.82) is 0 Å². The summed E-state index contributed by atoms with van der Waals surface area (Å²) in [6, 6.07) is 6.55. The summed E-state index contributed by atoms with van der Waals surface area (Å²) < 4.78 is 39.5. The molecule has 1 heterocycles. The molecular formula is C14H20O5S. The Bertz CT molecular complexity index is 503. The fourth-order valence-corrected chi connectivity index (χ4v) is 2.83. The third-order valence-electron chi connectivity index (χ3n) is 3.07. The van der Waals surface area contributed by atoms with Gasteiger partial charge in [0.1, 0.15) is 0 Å². The van der Waals surface area contributed by atoms with Crippen LogP contribution in [0.4, 0.5) is 0 Å². The molecule has 1 aromatic carbocycles. The largest absolute Gasteiger partial charge is 0.353 e. The highest BCUT2D eigenvalue weighted by molar-refractivity contribution is 7.86. The van der Waals surface area contributed by atoms with E-state index in [1.807, 2.05) is 6.92 Å². The smallest absolute Gasteiger partial charge is 0.297 e. The Morgan fingerprint density at radius 3 is 2.60 bits per heavy atom. The van der Waals surface area contributed by atoms with Crippen LogP contribution in [0.5, 0.6) is 0 Å². The Labute approximate surface area is 120 Å². The summed E-state index contributed by atoms with van der Waals surface area (Å²) >= 11 is 0. The van der Waals surface area contributed by atoms with E-state index in [9.17, 15) is 8.42 Å². The minimum atomic E-state index is -3.70. The number of hydrogen-bond acceptors (Lipinski definition) is 5. The van der Waals surface area contributed by atoms with Crippen LogP contribution in [0.15, 0.2) is 29.2 Å². The van der Waals surface area contributed by atoms with Crippen molar-refractivity contribution in [1.82, 2.24) is 0 Å². The number of aryl methyl sites for hydroxylation is 1. The highest BCUT2D eigenvalue weighted by Gasteiger charge is 2.16. The number of benzene rings is 1. The summed E-state index contributed by atoms with van der Waals surface area (Å²) in [6.45, 7) is 2.80. The van der Waals surface area contributed by atoms with E-state index in [0.717, 1.165) is 24.8 Å². The molecule has 0 saturated carbocycles. The lowest BCUT2D eigenvalue weighted by Gasteiger charge is -2.22. The average Bonchev–Trinajstić information content (AvgIpc) is 2.45. The first kappa shape index (κ1) is 15.4. The molecule has 0 aliphatic carbocycles. The molecule has 0 amide bonds. The van der Waals surface area contributed by atoms with Crippen molar-refractivity contribution in [2.45, 2.75) is 37.4 Å². The second kappa shape index (κ2) is 7.17. The Morgan fingerprint density at radius 2 is 1.95 bits per heavy atom. The summed E-state index contributed by atoms with van der Waals surface area (Å²) in [4.78, 5) is 0.164. The van der Waals surface area contributed by atoms with E-state index in [1.54, 1.807) is 12.1 Å². The second-order valence-corrected chi connectivity index (χ2v) is 6.37. The molecule has 2 rings (SSSR count). The molecule has 1 aromatic rings. The Hall–Kier alpha value is -0.950.